The Balaban J connectivity index is 2.18. The van der Waals surface area contributed by atoms with Crippen LogP contribution in [0.2, 0.25) is 0 Å². The van der Waals surface area contributed by atoms with Gasteiger partial charge >= 0.3 is 5.97 Å². The summed E-state index contributed by atoms with van der Waals surface area (Å²) in [6, 6.07) is 9.96. The quantitative estimate of drug-likeness (QED) is 0.578. The van der Waals surface area contributed by atoms with Crippen LogP contribution in [0.25, 0.3) is 0 Å². The number of hydrogen-bond acceptors (Lipinski definition) is 2. The Bertz CT molecular complexity index is 616. The van der Waals surface area contributed by atoms with E-state index in [9.17, 15) is 14.7 Å². The molecule has 5 heteroatoms. The number of aliphatic carboxylic acids is 1. The molecule has 1 heterocycles. The third-order valence-corrected chi connectivity index (χ3v) is 5.23. The van der Waals surface area contributed by atoms with Gasteiger partial charge in [0.25, 0.3) is 0 Å². The molecule has 4 nitrogen and oxygen atoms in total. The Morgan fingerprint density at radius 1 is 1.42 bits per heavy atom. The topological polar surface area (TPSA) is 57.6 Å². The summed E-state index contributed by atoms with van der Waals surface area (Å²) in [6.45, 7) is 6.85. The fourth-order valence-electron chi connectivity index (χ4n) is 3.63. The minimum absolute atomic E-state index is 0.122. The van der Waals surface area contributed by atoms with Gasteiger partial charge < -0.3 is 10.0 Å². The molecule has 2 rings (SSSR count). The second kappa shape index (κ2) is 7.84. The van der Waals surface area contributed by atoms with Crippen LogP contribution in [0.1, 0.15) is 25.3 Å². The van der Waals surface area contributed by atoms with Crippen LogP contribution in [0.5, 0.6) is 0 Å². The second-order valence-electron chi connectivity index (χ2n) is 6.40. The lowest BCUT2D eigenvalue weighted by molar-refractivity contribution is -0.152. The summed E-state index contributed by atoms with van der Waals surface area (Å²) in [6.07, 6.45) is 1.51. The van der Waals surface area contributed by atoms with Gasteiger partial charge in [-0.3, -0.25) is 9.59 Å². The van der Waals surface area contributed by atoms with Gasteiger partial charge in [0.15, 0.2) is 0 Å². The largest absolute Gasteiger partial charge is 0.481 e. The van der Waals surface area contributed by atoms with E-state index in [0.717, 1.165) is 12.0 Å². The van der Waals surface area contributed by atoms with Crippen LogP contribution >= 0.6 is 11.6 Å². The standard InChI is InChI=1S/C19H24ClNO3/c1-14(2)19(16(8-11-20)17(22)23)10-13-21(18(19)24)12-9-15-6-4-3-5-7-15/h3-7,16H,1,8-13H2,2H3,(H,22,23). The Kier molecular flexibility index (Phi) is 6.05. The molecule has 0 radical (unpaired) electrons. The lowest BCUT2D eigenvalue weighted by Crippen LogP contribution is -2.44. The molecule has 1 fully saturated rings. The Labute approximate surface area is 148 Å². The van der Waals surface area contributed by atoms with Crippen molar-refractivity contribution >= 4 is 23.5 Å². The molecule has 1 N–H and O–H groups in total. The number of alkyl halides is 1. The Morgan fingerprint density at radius 3 is 2.62 bits per heavy atom. The molecule has 0 aromatic heterocycles. The molecule has 0 saturated carbocycles. The lowest BCUT2D eigenvalue weighted by atomic mass is 9.68. The molecule has 0 bridgehead atoms. The summed E-state index contributed by atoms with van der Waals surface area (Å²) < 4.78 is 0. The van der Waals surface area contributed by atoms with Crippen molar-refractivity contribution in [3.05, 3.63) is 48.0 Å². The van der Waals surface area contributed by atoms with Crippen LogP contribution < -0.4 is 0 Å². The van der Waals surface area contributed by atoms with Gasteiger partial charge in [-0.1, -0.05) is 42.5 Å². The summed E-state index contributed by atoms with van der Waals surface area (Å²) in [5.74, 6) is -1.70. The van der Waals surface area contributed by atoms with E-state index in [2.05, 4.69) is 6.58 Å². The highest BCUT2D eigenvalue weighted by Crippen LogP contribution is 2.46. The molecular weight excluding hydrogens is 326 g/mol. The van der Waals surface area contributed by atoms with Gasteiger partial charge in [-0.2, -0.15) is 0 Å². The highest BCUT2D eigenvalue weighted by atomic mass is 35.5. The van der Waals surface area contributed by atoms with E-state index in [4.69, 9.17) is 11.6 Å². The van der Waals surface area contributed by atoms with Gasteiger partial charge in [0, 0.05) is 19.0 Å². The normalized spacial score (nSPS) is 21.8. The van der Waals surface area contributed by atoms with E-state index in [1.54, 1.807) is 11.8 Å². The number of amides is 1. The molecule has 1 amide bonds. The first-order valence-corrected chi connectivity index (χ1v) is 8.75. The molecule has 1 saturated heterocycles. The molecule has 0 spiro atoms. The van der Waals surface area contributed by atoms with Crippen molar-refractivity contribution in [2.45, 2.75) is 26.2 Å². The van der Waals surface area contributed by atoms with Crippen LogP contribution in [-0.2, 0) is 16.0 Å². The second-order valence-corrected chi connectivity index (χ2v) is 6.78. The van der Waals surface area contributed by atoms with Crippen LogP contribution in [-0.4, -0.2) is 40.9 Å². The summed E-state index contributed by atoms with van der Waals surface area (Å²) in [7, 11) is 0. The molecule has 2 unspecified atom stereocenters. The average Bonchev–Trinajstić information content (AvgIpc) is 2.89. The number of nitrogens with zero attached hydrogens (tertiary/aromatic N) is 1. The molecule has 1 aromatic carbocycles. The predicted octanol–water partition coefficient (Wildman–Crippen LogP) is 3.35. The molecule has 1 aromatic rings. The number of likely N-dealkylation sites (tertiary alicyclic amines) is 1. The first-order chi connectivity index (χ1) is 11.4. The zero-order chi connectivity index (χ0) is 17.7. The van der Waals surface area contributed by atoms with Gasteiger partial charge in [0.2, 0.25) is 5.91 Å². The predicted molar refractivity (Wildman–Crippen MR) is 95.1 cm³/mol. The maximum atomic E-state index is 13.1. The van der Waals surface area contributed by atoms with E-state index >= 15 is 0 Å². The summed E-state index contributed by atoms with van der Waals surface area (Å²) >= 11 is 5.79. The van der Waals surface area contributed by atoms with Gasteiger partial charge in [-0.25, -0.2) is 0 Å². The van der Waals surface area contributed by atoms with Crippen LogP contribution in [0.3, 0.4) is 0 Å². The smallest absolute Gasteiger partial charge is 0.307 e. The number of benzene rings is 1. The van der Waals surface area contributed by atoms with Crippen molar-refractivity contribution in [3.63, 3.8) is 0 Å². The lowest BCUT2D eigenvalue weighted by Gasteiger charge is -2.34. The third-order valence-electron chi connectivity index (χ3n) is 5.01. The van der Waals surface area contributed by atoms with E-state index in [1.165, 1.54) is 0 Å². The monoisotopic (exact) mass is 349 g/mol. The van der Waals surface area contributed by atoms with E-state index in [1.807, 2.05) is 30.3 Å². The maximum absolute atomic E-state index is 13.1. The van der Waals surface area contributed by atoms with Crippen molar-refractivity contribution in [3.8, 4) is 0 Å². The molecule has 2 atom stereocenters. The first kappa shape index (κ1) is 18.5. The van der Waals surface area contributed by atoms with Crippen molar-refractivity contribution < 1.29 is 14.7 Å². The highest BCUT2D eigenvalue weighted by molar-refractivity contribution is 6.18. The number of rotatable bonds is 8. The number of carboxylic acids is 1. The van der Waals surface area contributed by atoms with Gasteiger partial charge in [0.05, 0.1) is 11.3 Å². The van der Waals surface area contributed by atoms with Gasteiger partial charge in [-0.15, -0.1) is 11.6 Å². The van der Waals surface area contributed by atoms with Gasteiger partial charge in [0.1, 0.15) is 0 Å². The fraction of sp³-hybridized carbons (Fsp3) is 0.474. The summed E-state index contributed by atoms with van der Waals surface area (Å²) in [5.41, 5.74) is 0.748. The zero-order valence-corrected chi connectivity index (χ0v) is 14.8. The first-order valence-electron chi connectivity index (χ1n) is 8.21. The van der Waals surface area contributed by atoms with Crippen molar-refractivity contribution in [1.29, 1.82) is 0 Å². The number of halogens is 1. The fourth-order valence-corrected chi connectivity index (χ4v) is 3.85. The average molecular weight is 350 g/mol. The Hall–Kier alpha value is -1.81. The number of carboxylic acid groups (broad SMARTS) is 1. The molecule has 1 aliphatic rings. The SMILES string of the molecule is C=C(C)C1(C(CCCl)C(=O)O)CCN(CCc2ccccc2)C1=O. The van der Waals surface area contributed by atoms with Crippen LogP contribution in [0.4, 0.5) is 0 Å². The van der Waals surface area contributed by atoms with Crippen LogP contribution in [0.15, 0.2) is 42.5 Å². The summed E-state index contributed by atoms with van der Waals surface area (Å²) in [4.78, 5) is 26.6. The van der Waals surface area contributed by atoms with Gasteiger partial charge in [-0.05, 0) is 31.7 Å². The van der Waals surface area contributed by atoms with Crippen molar-refractivity contribution in [2.75, 3.05) is 19.0 Å². The minimum Gasteiger partial charge on any atom is -0.481 e. The molecular formula is C19H24ClNO3. The maximum Gasteiger partial charge on any atom is 0.307 e. The van der Waals surface area contributed by atoms with Crippen LogP contribution in [0, 0.1) is 11.3 Å². The van der Waals surface area contributed by atoms with E-state index in [-0.39, 0.29) is 18.2 Å². The molecule has 130 valence electrons. The minimum atomic E-state index is -1.03. The van der Waals surface area contributed by atoms with Crippen molar-refractivity contribution in [2.24, 2.45) is 11.3 Å². The third kappa shape index (κ3) is 3.48. The number of hydrogen-bond donors (Lipinski definition) is 1. The van der Waals surface area contributed by atoms with E-state index < -0.39 is 17.3 Å². The molecule has 24 heavy (non-hydrogen) atoms. The Morgan fingerprint density at radius 2 is 2.08 bits per heavy atom. The molecule has 0 aliphatic carbocycles. The molecule has 1 aliphatic heterocycles. The summed E-state index contributed by atoms with van der Waals surface area (Å²) in [5, 5.41) is 9.62. The van der Waals surface area contributed by atoms with Crippen molar-refractivity contribution in [1.82, 2.24) is 4.90 Å². The highest BCUT2D eigenvalue weighted by Gasteiger charge is 2.54. The zero-order valence-electron chi connectivity index (χ0n) is 14.0. The number of carbonyl (C=O) groups is 2. The van der Waals surface area contributed by atoms with E-state index in [0.29, 0.717) is 25.1 Å². The number of carbonyl (C=O) groups excluding carboxylic acids is 1.